The van der Waals surface area contributed by atoms with Crippen molar-refractivity contribution in [1.82, 2.24) is 24.4 Å². The summed E-state index contributed by atoms with van der Waals surface area (Å²) < 4.78 is 16.6. The first-order chi connectivity index (χ1) is 19.6. The molecule has 1 aliphatic heterocycles. The van der Waals surface area contributed by atoms with Gasteiger partial charge in [0.1, 0.15) is 29.2 Å². The molecule has 5 rings (SSSR count). The topological polar surface area (TPSA) is 139 Å². The van der Waals surface area contributed by atoms with Crippen LogP contribution in [0, 0.1) is 0 Å². The van der Waals surface area contributed by atoms with Gasteiger partial charge in [-0.15, -0.1) is 0 Å². The van der Waals surface area contributed by atoms with Crippen LogP contribution in [0.4, 0.5) is 16.2 Å². The average molecular weight is 622 g/mol. The Morgan fingerprint density at radius 2 is 1.80 bits per heavy atom. The molecule has 1 aliphatic rings. The Morgan fingerprint density at radius 3 is 2.49 bits per heavy atom. The van der Waals surface area contributed by atoms with Crippen molar-refractivity contribution in [3.63, 3.8) is 0 Å². The molecule has 2 unspecified atom stereocenters. The number of alkyl halides is 1. The van der Waals surface area contributed by atoms with Crippen molar-refractivity contribution in [3.05, 3.63) is 65.2 Å². The Bertz CT molecular complexity index is 1670. The van der Waals surface area contributed by atoms with Gasteiger partial charge in [-0.3, -0.25) is 24.5 Å². The number of hydrogen-bond donors (Lipinski definition) is 2. The van der Waals surface area contributed by atoms with Crippen LogP contribution >= 0.6 is 15.9 Å². The number of fused-ring (bicyclic) bond motifs is 1. The first kappa shape index (κ1) is 28.0. The zero-order valence-corrected chi connectivity index (χ0v) is 23.7. The highest BCUT2D eigenvalue weighted by Gasteiger charge is 2.40. The van der Waals surface area contributed by atoms with Crippen molar-refractivity contribution in [1.29, 1.82) is 0 Å². The minimum atomic E-state index is -1.35. The molecule has 11 nitrogen and oxygen atoms in total. The molecule has 1 fully saturated rings. The minimum absolute atomic E-state index is 0.122. The molecule has 0 saturated carbocycles. The van der Waals surface area contributed by atoms with Crippen LogP contribution < -0.4 is 10.6 Å². The number of ketones is 1. The standard InChI is InChI=1S/C28H25BrFN7O4/c1-15(38)21-13-36(22-7-6-17(8-20(21)22)18-10-31-28(32-11-18)33-16(2)39)14-26(40)37-12-19(30)9-23(37)27(41)35-25-5-3-4-24(29)34-25/h3-8,10-11,13,19,23H,9,12,14H2,1-2H3,(H,34,35,41)(H,31,32,33,39). The third-order valence-electron chi connectivity index (χ3n) is 6.68. The van der Waals surface area contributed by atoms with Crippen LogP contribution in [0.5, 0.6) is 0 Å². The Balaban J connectivity index is 1.39. The third-order valence-corrected chi connectivity index (χ3v) is 7.12. The van der Waals surface area contributed by atoms with Crippen LogP contribution in [-0.2, 0) is 20.9 Å². The van der Waals surface area contributed by atoms with Crippen molar-refractivity contribution >= 4 is 62.1 Å². The summed E-state index contributed by atoms with van der Waals surface area (Å²) in [5, 5.41) is 5.78. The molecule has 210 valence electrons. The number of Topliss-reactive ketones (excluding diaryl/α,β-unsaturated/α-hetero) is 1. The van der Waals surface area contributed by atoms with Gasteiger partial charge in [0.2, 0.25) is 23.7 Å². The highest BCUT2D eigenvalue weighted by molar-refractivity contribution is 9.10. The number of halogens is 2. The summed E-state index contributed by atoms with van der Waals surface area (Å²) >= 11 is 3.24. The van der Waals surface area contributed by atoms with Crippen molar-refractivity contribution in [2.75, 3.05) is 17.2 Å². The van der Waals surface area contributed by atoms with Gasteiger partial charge >= 0.3 is 0 Å². The zero-order chi connectivity index (χ0) is 29.3. The van der Waals surface area contributed by atoms with E-state index in [1.807, 2.05) is 0 Å². The van der Waals surface area contributed by atoms with Crippen LogP contribution in [0.2, 0.25) is 0 Å². The highest BCUT2D eigenvalue weighted by Crippen LogP contribution is 2.29. The van der Waals surface area contributed by atoms with Crippen LogP contribution in [0.3, 0.4) is 0 Å². The third kappa shape index (κ3) is 6.14. The van der Waals surface area contributed by atoms with Gasteiger partial charge < -0.3 is 14.8 Å². The van der Waals surface area contributed by atoms with Crippen molar-refractivity contribution in [2.24, 2.45) is 0 Å². The van der Waals surface area contributed by atoms with E-state index in [1.165, 1.54) is 18.7 Å². The fourth-order valence-corrected chi connectivity index (χ4v) is 5.16. The molecular formula is C28H25BrFN7O4. The number of carbonyl (C=O) groups is 4. The minimum Gasteiger partial charge on any atom is -0.337 e. The Labute approximate surface area is 242 Å². The summed E-state index contributed by atoms with van der Waals surface area (Å²) in [4.78, 5) is 63.8. The summed E-state index contributed by atoms with van der Waals surface area (Å²) in [5.74, 6) is -1.00. The van der Waals surface area contributed by atoms with Gasteiger partial charge in [-0.25, -0.2) is 19.3 Å². The van der Waals surface area contributed by atoms with E-state index in [2.05, 4.69) is 41.5 Å². The van der Waals surface area contributed by atoms with E-state index in [9.17, 15) is 23.6 Å². The second-order valence-electron chi connectivity index (χ2n) is 9.67. The van der Waals surface area contributed by atoms with Crippen LogP contribution in [0.25, 0.3) is 22.0 Å². The summed E-state index contributed by atoms with van der Waals surface area (Å²) in [6.07, 6.45) is 3.24. The lowest BCUT2D eigenvalue weighted by Gasteiger charge is -2.24. The Hall–Kier alpha value is -4.52. The number of rotatable bonds is 7. The number of carbonyl (C=O) groups excluding carboxylic acids is 4. The summed E-state index contributed by atoms with van der Waals surface area (Å²) in [5.41, 5.74) is 2.43. The predicted octanol–water partition coefficient (Wildman–Crippen LogP) is 3.99. The smallest absolute Gasteiger partial charge is 0.248 e. The van der Waals surface area contributed by atoms with Crippen LogP contribution in [-0.4, -0.2) is 66.7 Å². The molecule has 2 N–H and O–H groups in total. The van der Waals surface area contributed by atoms with E-state index < -0.39 is 24.0 Å². The second-order valence-corrected chi connectivity index (χ2v) is 10.5. The molecule has 2 atom stereocenters. The number of amides is 3. The summed E-state index contributed by atoms with van der Waals surface area (Å²) in [6, 6.07) is 9.39. The molecule has 0 spiro atoms. The molecule has 0 bridgehead atoms. The lowest BCUT2D eigenvalue weighted by atomic mass is 10.0. The second kappa shape index (κ2) is 11.5. The lowest BCUT2D eigenvalue weighted by molar-refractivity contribution is -0.137. The Morgan fingerprint density at radius 1 is 1.05 bits per heavy atom. The largest absolute Gasteiger partial charge is 0.337 e. The monoisotopic (exact) mass is 621 g/mol. The first-order valence-electron chi connectivity index (χ1n) is 12.7. The fraction of sp³-hybridized carbons (Fsp3) is 0.250. The maximum absolute atomic E-state index is 14.5. The molecule has 0 aliphatic carbocycles. The predicted molar refractivity (Wildman–Crippen MR) is 153 cm³/mol. The van der Waals surface area contributed by atoms with Crippen molar-refractivity contribution in [3.8, 4) is 11.1 Å². The number of aromatic nitrogens is 4. The van der Waals surface area contributed by atoms with Crippen molar-refractivity contribution < 1.29 is 23.6 Å². The van der Waals surface area contributed by atoms with Gasteiger partial charge in [0, 0.05) is 54.0 Å². The lowest BCUT2D eigenvalue weighted by Crippen LogP contribution is -2.44. The quantitative estimate of drug-likeness (QED) is 0.235. The van der Waals surface area contributed by atoms with Gasteiger partial charge in [-0.1, -0.05) is 12.1 Å². The van der Waals surface area contributed by atoms with Gasteiger partial charge in [-0.05, 0) is 52.7 Å². The Kier molecular flexibility index (Phi) is 7.88. The van der Waals surface area contributed by atoms with E-state index >= 15 is 0 Å². The summed E-state index contributed by atoms with van der Waals surface area (Å²) in [6.45, 7) is 2.40. The van der Waals surface area contributed by atoms with E-state index in [0.29, 0.717) is 26.6 Å². The molecule has 41 heavy (non-hydrogen) atoms. The molecule has 0 radical (unpaired) electrons. The SMILES string of the molecule is CC(=O)Nc1ncc(-c2ccc3c(c2)c(C(C)=O)cn3CC(=O)N2CC(F)CC2C(=O)Nc2cccc(Br)n2)cn1. The average Bonchev–Trinajstić information content (AvgIpc) is 3.49. The van der Waals surface area contributed by atoms with E-state index in [0.717, 1.165) is 5.56 Å². The van der Waals surface area contributed by atoms with E-state index in [4.69, 9.17) is 0 Å². The molecule has 4 heterocycles. The number of benzene rings is 1. The van der Waals surface area contributed by atoms with E-state index in [1.54, 1.807) is 59.6 Å². The number of nitrogens with zero attached hydrogens (tertiary/aromatic N) is 5. The number of anilines is 2. The number of pyridine rings is 1. The summed E-state index contributed by atoms with van der Waals surface area (Å²) in [7, 11) is 0. The molecule has 1 aromatic carbocycles. The fourth-order valence-electron chi connectivity index (χ4n) is 4.82. The van der Waals surface area contributed by atoms with Gasteiger partial charge in [-0.2, -0.15) is 0 Å². The maximum Gasteiger partial charge on any atom is 0.248 e. The molecule has 1 saturated heterocycles. The van der Waals surface area contributed by atoms with Gasteiger partial charge in [0.15, 0.2) is 5.78 Å². The molecule has 13 heteroatoms. The molecule has 4 aromatic rings. The van der Waals surface area contributed by atoms with Gasteiger partial charge in [0.05, 0.1) is 6.54 Å². The van der Waals surface area contributed by atoms with Crippen molar-refractivity contribution in [2.45, 2.75) is 39.0 Å². The molecular weight excluding hydrogens is 597 g/mol. The normalized spacial score (nSPS) is 16.5. The number of likely N-dealkylation sites (tertiary alicyclic amines) is 1. The first-order valence-corrected chi connectivity index (χ1v) is 13.5. The zero-order valence-electron chi connectivity index (χ0n) is 22.1. The number of hydrogen-bond acceptors (Lipinski definition) is 7. The maximum atomic E-state index is 14.5. The van der Waals surface area contributed by atoms with E-state index in [-0.39, 0.29) is 43.0 Å². The number of nitrogens with one attached hydrogen (secondary N) is 2. The highest BCUT2D eigenvalue weighted by atomic mass is 79.9. The van der Waals surface area contributed by atoms with Crippen LogP contribution in [0.15, 0.2) is 59.6 Å². The van der Waals surface area contributed by atoms with Gasteiger partial charge in [0.25, 0.3) is 0 Å². The van der Waals surface area contributed by atoms with Crippen LogP contribution in [0.1, 0.15) is 30.6 Å². The molecule has 3 amide bonds. The molecule has 3 aromatic heterocycles.